The van der Waals surface area contributed by atoms with Gasteiger partial charge in [-0.25, -0.2) is 9.78 Å². The predicted molar refractivity (Wildman–Crippen MR) is 125 cm³/mol. The van der Waals surface area contributed by atoms with Crippen molar-refractivity contribution >= 4 is 49.9 Å². The number of ether oxygens (including phenoxy) is 1. The van der Waals surface area contributed by atoms with E-state index < -0.39 is 5.60 Å². The van der Waals surface area contributed by atoms with Crippen molar-refractivity contribution in [2.75, 3.05) is 11.9 Å². The van der Waals surface area contributed by atoms with Crippen molar-refractivity contribution in [3.05, 3.63) is 41.6 Å². The van der Waals surface area contributed by atoms with Crippen LogP contribution in [-0.4, -0.2) is 39.0 Å². The Balaban J connectivity index is 1.78. The maximum absolute atomic E-state index is 12.7. The first kappa shape index (κ1) is 21.5. The van der Waals surface area contributed by atoms with Crippen LogP contribution in [0, 0.1) is 0 Å². The molecule has 0 saturated carbocycles. The van der Waals surface area contributed by atoms with Crippen LogP contribution < -0.4 is 5.32 Å². The highest BCUT2D eigenvalue weighted by Crippen LogP contribution is 2.48. The van der Waals surface area contributed by atoms with Gasteiger partial charge in [-0.15, -0.1) is 22.7 Å². The van der Waals surface area contributed by atoms with E-state index in [-0.39, 0.29) is 18.0 Å². The summed E-state index contributed by atoms with van der Waals surface area (Å²) in [6.07, 6.45) is 5.06. The van der Waals surface area contributed by atoms with Crippen molar-refractivity contribution in [3.8, 4) is 10.6 Å². The molecule has 1 atom stereocenters. The third-order valence-electron chi connectivity index (χ3n) is 4.94. The third-order valence-corrected chi connectivity index (χ3v) is 7.31. The van der Waals surface area contributed by atoms with Gasteiger partial charge in [0.15, 0.2) is 0 Å². The Morgan fingerprint density at radius 2 is 2.13 bits per heavy atom. The molecule has 4 rings (SSSR count). The van der Waals surface area contributed by atoms with Crippen LogP contribution in [0.15, 0.2) is 31.1 Å². The standard InChI is InChI=1S/C22H24N4O3S2/c1-6-16(27)25-20-17(19-24-14-11-23-9-7-15(14)30-19)13-8-10-26(12(2)18(13)31-20)21(28)29-22(3,4)5/h6-7,9,11-12H,1,8,10H2,2-5H3,(H,25,27)/t12-/m1/s1. The Bertz CT molecular complexity index is 1140. The van der Waals surface area contributed by atoms with E-state index >= 15 is 0 Å². The molecule has 0 spiro atoms. The average molecular weight is 457 g/mol. The molecule has 0 unspecified atom stereocenters. The number of thiophene rings is 1. The second kappa shape index (κ2) is 8.05. The molecule has 0 bridgehead atoms. The first-order valence-corrected chi connectivity index (χ1v) is 11.6. The van der Waals surface area contributed by atoms with Crippen molar-refractivity contribution in [1.29, 1.82) is 0 Å². The number of thiazole rings is 1. The summed E-state index contributed by atoms with van der Waals surface area (Å²) in [7, 11) is 0. The van der Waals surface area contributed by atoms with Gasteiger partial charge in [0.25, 0.3) is 0 Å². The normalized spacial score (nSPS) is 16.1. The number of carbonyl (C=O) groups excluding carboxylic acids is 2. The van der Waals surface area contributed by atoms with E-state index in [0.717, 1.165) is 36.2 Å². The molecule has 0 fully saturated rings. The lowest BCUT2D eigenvalue weighted by Crippen LogP contribution is -2.41. The summed E-state index contributed by atoms with van der Waals surface area (Å²) >= 11 is 3.05. The quantitative estimate of drug-likeness (QED) is 0.534. The lowest BCUT2D eigenvalue weighted by molar-refractivity contribution is -0.111. The van der Waals surface area contributed by atoms with Crippen LogP contribution in [0.5, 0.6) is 0 Å². The van der Waals surface area contributed by atoms with Crippen LogP contribution in [0.4, 0.5) is 9.80 Å². The van der Waals surface area contributed by atoms with Crippen LogP contribution >= 0.6 is 22.7 Å². The highest BCUT2D eigenvalue weighted by Gasteiger charge is 2.35. The summed E-state index contributed by atoms with van der Waals surface area (Å²) in [5.74, 6) is -0.278. The number of aromatic nitrogens is 2. The molecule has 31 heavy (non-hydrogen) atoms. The lowest BCUT2D eigenvalue weighted by Gasteiger charge is -2.35. The first-order valence-electron chi connectivity index (χ1n) is 9.97. The first-order chi connectivity index (χ1) is 14.7. The Morgan fingerprint density at radius 1 is 1.35 bits per heavy atom. The number of pyridine rings is 1. The third kappa shape index (κ3) is 4.20. The summed E-state index contributed by atoms with van der Waals surface area (Å²) in [5, 5.41) is 4.49. The zero-order chi connectivity index (χ0) is 22.3. The molecule has 162 valence electrons. The van der Waals surface area contributed by atoms with Gasteiger partial charge in [-0.3, -0.25) is 9.78 Å². The second-order valence-electron chi connectivity index (χ2n) is 8.30. The average Bonchev–Trinajstić information content (AvgIpc) is 3.27. The highest BCUT2D eigenvalue weighted by atomic mass is 32.1. The number of anilines is 1. The van der Waals surface area contributed by atoms with Gasteiger partial charge in [-0.2, -0.15) is 0 Å². The number of rotatable bonds is 3. The van der Waals surface area contributed by atoms with E-state index in [0.29, 0.717) is 13.0 Å². The van der Waals surface area contributed by atoms with E-state index in [1.165, 1.54) is 17.4 Å². The highest BCUT2D eigenvalue weighted by molar-refractivity contribution is 7.23. The van der Waals surface area contributed by atoms with Gasteiger partial charge in [0.1, 0.15) is 21.1 Å². The zero-order valence-corrected chi connectivity index (χ0v) is 19.5. The Kier molecular flexibility index (Phi) is 5.57. The fourth-order valence-electron chi connectivity index (χ4n) is 3.57. The second-order valence-corrected chi connectivity index (χ2v) is 10.4. The van der Waals surface area contributed by atoms with E-state index in [1.54, 1.807) is 28.6 Å². The minimum absolute atomic E-state index is 0.173. The molecule has 3 aromatic rings. The monoisotopic (exact) mass is 456 g/mol. The van der Waals surface area contributed by atoms with E-state index in [1.807, 2.05) is 33.8 Å². The van der Waals surface area contributed by atoms with Crippen molar-refractivity contribution in [1.82, 2.24) is 14.9 Å². The maximum Gasteiger partial charge on any atom is 0.410 e. The van der Waals surface area contributed by atoms with Crippen LogP contribution in [-0.2, 0) is 16.0 Å². The van der Waals surface area contributed by atoms with E-state index in [4.69, 9.17) is 9.72 Å². The van der Waals surface area contributed by atoms with Gasteiger partial charge in [0.2, 0.25) is 5.91 Å². The van der Waals surface area contributed by atoms with Crippen molar-refractivity contribution in [2.24, 2.45) is 0 Å². The Morgan fingerprint density at radius 3 is 2.81 bits per heavy atom. The fraction of sp³-hybridized carbons (Fsp3) is 0.364. The maximum atomic E-state index is 12.7. The molecular formula is C22H24N4O3S2. The number of amides is 2. The number of fused-ring (bicyclic) bond motifs is 2. The van der Waals surface area contributed by atoms with Gasteiger partial charge in [0, 0.05) is 23.2 Å². The zero-order valence-electron chi connectivity index (χ0n) is 17.9. The number of hydrogen-bond donors (Lipinski definition) is 1. The summed E-state index contributed by atoms with van der Waals surface area (Å²) in [6, 6.07) is 1.76. The largest absolute Gasteiger partial charge is 0.444 e. The van der Waals surface area contributed by atoms with E-state index in [2.05, 4.69) is 16.9 Å². The van der Waals surface area contributed by atoms with Gasteiger partial charge in [-0.05, 0) is 51.8 Å². The molecule has 0 saturated heterocycles. The molecule has 0 radical (unpaired) electrons. The van der Waals surface area contributed by atoms with Crippen LogP contribution in [0.2, 0.25) is 0 Å². The predicted octanol–water partition coefficient (Wildman–Crippen LogP) is 5.40. The molecule has 3 aromatic heterocycles. The smallest absolute Gasteiger partial charge is 0.410 e. The SMILES string of the molecule is C=CC(=O)Nc1sc2c(c1-c1nc3cnccc3s1)CCN(C(=O)OC(C)(C)C)[C@@H]2C. The van der Waals surface area contributed by atoms with Crippen molar-refractivity contribution in [2.45, 2.75) is 45.8 Å². The molecule has 1 aliphatic rings. The summed E-state index contributed by atoms with van der Waals surface area (Å²) < 4.78 is 6.63. The molecule has 0 aliphatic carbocycles. The summed E-state index contributed by atoms with van der Waals surface area (Å²) in [5.41, 5.74) is 2.30. The van der Waals surface area contributed by atoms with Crippen LogP contribution in [0.3, 0.4) is 0 Å². The molecule has 4 heterocycles. The van der Waals surface area contributed by atoms with Crippen molar-refractivity contribution in [3.63, 3.8) is 0 Å². The summed E-state index contributed by atoms with van der Waals surface area (Å²) in [6.45, 7) is 11.7. The topological polar surface area (TPSA) is 84.4 Å². The number of hydrogen-bond acceptors (Lipinski definition) is 7. The van der Waals surface area contributed by atoms with Gasteiger partial charge >= 0.3 is 6.09 Å². The number of nitrogens with one attached hydrogen (secondary N) is 1. The van der Waals surface area contributed by atoms with Crippen LogP contribution in [0.1, 0.15) is 44.2 Å². The molecule has 2 amide bonds. The van der Waals surface area contributed by atoms with E-state index in [9.17, 15) is 9.59 Å². The molecule has 1 N–H and O–H groups in total. The van der Waals surface area contributed by atoms with Gasteiger partial charge in [-0.1, -0.05) is 6.58 Å². The fourth-order valence-corrected chi connectivity index (χ4v) is 5.96. The molecule has 9 heteroatoms. The lowest BCUT2D eigenvalue weighted by atomic mass is 9.98. The number of nitrogens with zero attached hydrogens (tertiary/aromatic N) is 3. The van der Waals surface area contributed by atoms with Gasteiger partial charge in [0.05, 0.1) is 16.9 Å². The molecule has 1 aliphatic heterocycles. The minimum atomic E-state index is -0.560. The number of carbonyl (C=O) groups is 2. The minimum Gasteiger partial charge on any atom is -0.444 e. The molecular weight excluding hydrogens is 432 g/mol. The molecule has 7 nitrogen and oxygen atoms in total. The summed E-state index contributed by atoms with van der Waals surface area (Å²) in [4.78, 5) is 36.6. The van der Waals surface area contributed by atoms with Crippen molar-refractivity contribution < 1.29 is 14.3 Å². The molecule has 0 aromatic carbocycles. The Hall–Kier alpha value is -2.78. The van der Waals surface area contributed by atoms with Crippen LogP contribution in [0.25, 0.3) is 20.8 Å². The Labute approximate surface area is 188 Å². The van der Waals surface area contributed by atoms with Gasteiger partial charge < -0.3 is 15.0 Å².